The minimum absolute atomic E-state index is 0. The molecule has 2 rings (SSSR count). The Morgan fingerprint density at radius 2 is 2.15 bits per heavy atom. The average molecular weight is 499 g/mol. The lowest BCUT2D eigenvalue weighted by molar-refractivity contribution is -0.143. The minimum Gasteiger partial charge on any atom is -0.357 e. The Kier molecular flexibility index (Phi) is 9.25. The van der Waals surface area contributed by atoms with Crippen molar-refractivity contribution in [3.05, 3.63) is 35.1 Å². The van der Waals surface area contributed by atoms with Crippen LogP contribution in [0.2, 0.25) is 0 Å². The molecule has 0 spiro atoms. The van der Waals surface area contributed by atoms with E-state index in [1.165, 1.54) is 17.0 Å². The van der Waals surface area contributed by atoms with Crippen LogP contribution in [0.1, 0.15) is 24.5 Å². The number of hydrogen-bond acceptors (Lipinski definition) is 3. The molecular formula is C17H22F4IN5. The minimum atomic E-state index is -4.21. The number of benzene rings is 1. The predicted octanol–water partition coefficient (Wildman–Crippen LogP) is 3.01. The Labute approximate surface area is 172 Å². The van der Waals surface area contributed by atoms with E-state index in [-0.39, 0.29) is 48.7 Å². The summed E-state index contributed by atoms with van der Waals surface area (Å²) in [5.41, 5.74) is 0.572. The molecule has 1 saturated heterocycles. The second kappa shape index (κ2) is 10.7. The van der Waals surface area contributed by atoms with Gasteiger partial charge in [-0.1, -0.05) is 6.07 Å². The van der Waals surface area contributed by atoms with Crippen molar-refractivity contribution in [1.29, 1.82) is 5.26 Å². The number of alkyl halides is 3. The number of hydrogen-bond donors (Lipinski definition) is 2. The second-order valence-corrected chi connectivity index (χ2v) is 6.09. The van der Waals surface area contributed by atoms with Crippen LogP contribution in [0.25, 0.3) is 0 Å². The lowest BCUT2D eigenvalue weighted by Crippen LogP contribution is -2.45. The fraction of sp³-hybridized carbons (Fsp3) is 0.529. The van der Waals surface area contributed by atoms with Gasteiger partial charge in [0, 0.05) is 31.2 Å². The molecule has 150 valence electrons. The van der Waals surface area contributed by atoms with E-state index in [0.29, 0.717) is 31.0 Å². The van der Waals surface area contributed by atoms with E-state index >= 15 is 0 Å². The van der Waals surface area contributed by atoms with Crippen molar-refractivity contribution in [3.8, 4) is 6.07 Å². The van der Waals surface area contributed by atoms with E-state index in [2.05, 4.69) is 15.6 Å². The number of guanidine groups is 1. The van der Waals surface area contributed by atoms with Crippen LogP contribution < -0.4 is 10.6 Å². The van der Waals surface area contributed by atoms with Gasteiger partial charge in [0.2, 0.25) is 0 Å². The standard InChI is InChI=1S/C17H21F4N5.HI/c1-2-23-16(24-9-13-4-3-12(8-22)7-15(13)18)25-14-5-6-26(10-14)11-17(19,20)21;/h3-4,7,14H,2,5-6,9-11H2,1H3,(H2,23,24,25);1H. The van der Waals surface area contributed by atoms with Gasteiger partial charge in [-0.3, -0.25) is 4.90 Å². The number of likely N-dealkylation sites (tertiary alicyclic amines) is 1. The van der Waals surface area contributed by atoms with E-state index in [1.807, 2.05) is 13.0 Å². The lowest BCUT2D eigenvalue weighted by Gasteiger charge is -2.19. The number of nitriles is 1. The van der Waals surface area contributed by atoms with Crippen LogP contribution in [0.4, 0.5) is 17.6 Å². The molecular weight excluding hydrogens is 477 g/mol. The van der Waals surface area contributed by atoms with E-state index in [0.717, 1.165) is 6.07 Å². The molecule has 1 aliphatic heterocycles. The number of nitrogens with one attached hydrogen (secondary N) is 2. The van der Waals surface area contributed by atoms with Crippen LogP contribution in [0.3, 0.4) is 0 Å². The van der Waals surface area contributed by atoms with Crippen LogP contribution in [0.15, 0.2) is 23.2 Å². The maximum atomic E-state index is 13.9. The predicted molar refractivity (Wildman–Crippen MR) is 105 cm³/mol. The molecule has 1 aromatic rings. The van der Waals surface area contributed by atoms with Crippen molar-refractivity contribution in [2.75, 3.05) is 26.2 Å². The van der Waals surface area contributed by atoms with Crippen LogP contribution in [0, 0.1) is 17.1 Å². The van der Waals surface area contributed by atoms with E-state index in [4.69, 9.17) is 5.26 Å². The summed E-state index contributed by atoms with van der Waals surface area (Å²) in [6.07, 6.45) is -3.63. The maximum absolute atomic E-state index is 13.9. The Balaban J connectivity index is 0.00000364. The molecule has 1 unspecified atom stereocenters. The first kappa shape index (κ1) is 23.4. The highest BCUT2D eigenvalue weighted by molar-refractivity contribution is 14.0. The Bertz CT molecular complexity index is 687. The molecule has 1 heterocycles. The monoisotopic (exact) mass is 499 g/mol. The van der Waals surface area contributed by atoms with Crippen LogP contribution in [-0.4, -0.2) is 49.3 Å². The highest BCUT2D eigenvalue weighted by Crippen LogP contribution is 2.20. The number of rotatable bonds is 5. The smallest absolute Gasteiger partial charge is 0.357 e. The summed E-state index contributed by atoms with van der Waals surface area (Å²) in [4.78, 5) is 5.64. The average Bonchev–Trinajstić information content (AvgIpc) is 2.98. The molecule has 0 aromatic heterocycles. The summed E-state index contributed by atoms with van der Waals surface area (Å²) in [5.74, 6) is -0.0871. The molecule has 1 atom stereocenters. The van der Waals surface area contributed by atoms with Crippen LogP contribution in [-0.2, 0) is 6.54 Å². The largest absolute Gasteiger partial charge is 0.401 e. The summed E-state index contributed by atoms with van der Waals surface area (Å²) < 4.78 is 51.3. The molecule has 10 heteroatoms. The summed E-state index contributed by atoms with van der Waals surface area (Å²) in [7, 11) is 0. The normalized spacial score (nSPS) is 17.9. The van der Waals surface area contributed by atoms with Crippen molar-refractivity contribution in [2.45, 2.75) is 32.1 Å². The van der Waals surface area contributed by atoms with Gasteiger partial charge in [0.05, 0.1) is 24.7 Å². The Hall–Kier alpha value is -1.61. The third-order valence-corrected chi connectivity index (χ3v) is 3.95. The summed E-state index contributed by atoms with van der Waals surface area (Å²) in [6, 6.07) is 5.88. The SMILES string of the molecule is CCNC(=NCc1ccc(C#N)cc1F)NC1CCN(CC(F)(F)F)C1.I. The van der Waals surface area contributed by atoms with Crippen molar-refractivity contribution < 1.29 is 17.6 Å². The molecule has 0 aliphatic carbocycles. The molecule has 0 amide bonds. The van der Waals surface area contributed by atoms with Crippen LogP contribution in [0.5, 0.6) is 0 Å². The molecule has 1 aliphatic rings. The Morgan fingerprint density at radius 1 is 1.41 bits per heavy atom. The third-order valence-electron chi connectivity index (χ3n) is 3.95. The highest BCUT2D eigenvalue weighted by Gasteiger charge is 2.34. The number of nitrogens with zero attached hydrogens (tertiary/aromatic N) is 3. The van der Waals surface area contributed by atoms with Crippen LogP contribution >= 0.6 is 24.0 Å². The molecule has 0 radical (unpaired) electrons. The zero-order valence-electron chi connectivity index (χ0n) is 14.8. The summed E-state index contributed by atoms with van der Waals surface area (Å²) in [5, 5.41) is 14.9. The first-order valence-corrected chi connectivity index (χ1v) is 8.33. The van der Waals surface area contributed by atoms with Crippen molar-refractivity contribution in [3.63, 3.8) is 0 Å². The quantitative estimate of drug-likeness (QED) is 0.283. The van der Waals surface area contributed by atoms with Gasteiger partial charge in [0.15, 0.2) is 5.96 Å². The second-order valence-electron chi connectivity index (χ2n) is 6.09. The van der Waals surface area contributed by atoms with Gasteiger partial charge in [0.25, 0.3) is 0 Å². The highest BCUT2D eigenvalue weighted by atomic mass is 127. The van der Waals surface area contributed by atoms with Gasteiger partial charge < -0.3 is 10.6 Å². The first-order valence-electron chi connectivity index (χ1n) is 8.33. The van der Waals surface area contributed by atoms with Crippen molar-refractivity contribution in [2.24, 2.45) is 4.99 Å². The maximum Gasteiger partial charge on any atom is 0.401 e. The van der Waals surface area contributed by atoms with E-state index in [1.54, 1.807) is 0 Å². The fourth-order valence-electron chi connectivity index (χ4n) is 2.77. The summed E-state index contributed by atoms with van der Waals surface area (Å²) in [6.45, 7) is 2.21. The van der Waals surface area contributed by atoms with Gasteiger partial charge in [0.1, 0.15) is 5.82 Å². The van der Waals surface area contributed by atoms with Gasteiger partial charge in [-0.25, -0.2) is 9.38 Å². The van der Waals surface area contributed by atoms with E-state index in [9.17, 15) is 17.6 Å². The molecule has 0 bridgehead atoms. The van der Waals surface area contributed by atoms with Gasteiger partial charge in [-0.15, -0.1) is 24.0 Å². The van der Waals surface area contributed by atoms with Crippen molar-refractivity contribution in [1.82, 2.24) is 15.5 Å². The molecule has 1 fully saturated rings. The van der Waals surface area contributed by atoms with E-state index < -0.39 is 18.5 Å². The van der Waals surface area contributed by atoms with Gasteiger partial charge >= 0.3 is 6.18 Å². The topological polar surface area (TPSA) is 63.5 Å². The number of aliphatic imine (C=N–C) groups is 1. The van der Waals surface area contributed by atoms with Crippen molar-refractivity contribution >= 4 is 29.9 Å². The third kappa shape index (κ3) is 7.88. The lowest BCUT2D eigenvalue weighted by atomic mass is 10.1. The van der Waals surface area contributed by atoms with Gasteiger partial charge in [-0.2, -0.15) is 18.4 Å². The fourth-order valence-corrected chi connectivity index (χ4v) is 2.77. The molecule has 1 aromatic carbocycles. The first-order chi connectivity index (χ1) is 12.3. The zero-order valence-corrected chi connectivity index (χ0v) is 17.1. The molecule has 0 saturated carbocycles. The number of halogens is 5. The Morgan fingerprint density at radius 3 is 2.74 bits per heavy atom. The van der Waals surface area contributed by atoms with Gasteiger partial charge in [-0.05, 0) is 25.5 Å². The zero-order chi connectivity index (χ0) is 19.2. The summed E-state index contributed by atoms with van der Waals surface area (Å²) >= 11 is 0. The molecule has 2 N–H and O–H groups in total. The molecule has 27 heavy (non-hydrogen) atoms. The molecule has 5 nitrogen and oxygen atoms in total.